The van der Waals surface area contributed by atoms with Gasteiger partial charge < -0.3 is 20.5 Å². The number of nitrogens with one attached hydrogen (secondary N) is 2. The van der Waals surface area contributed by atoms with Crippen LogP contribution in [0.15, 0.2) is 30.5 Å². The molecule has 0 radical (unpaired) electrons. The van der Waals surface area contributed by atoms with E-state index in [4.69, 9.17) is 0 Å². The van der Waals surface area contributed by atoms with Gasteiger partial charge in [-0.2, -0.15) is 0 Å². The van der Waals surface area contributed by atoms with Crippen LogP contribution in [0.4, 0.5) is 16.2 Å². The van der Waals surface area contributed by atoms with Crippen LogP contribution in [0.25, 0.3) is 10.9 Å². The minimum absolute atomic E-state index is 0.0773. The Morgan fingerprint density at radius 1 is 1.23 bits per heavy atom. The molecule has 0 bridgehead atoms. The van der Waals surface area contributed by atoms with Gasteiger partial charge in [0.2, 0.25) is 0 Å². The van der Waals surface area contributed by atoms with Gasteiger partial charge in [-0.1, -0.05) is 18.2 Å². The molecule has 0 unspecified atom stereocenters. The molecule has 2 N–H and O–H groups in total. The summed E-state index contributed by atoms with van der Waals surface area (Å²) in [6.07, 6.45) is 1.21. The van der Waals surface area contributed by atoms with E-state index in [1.54, 1.807) is 18.2 Å². The van der Waals surface area contributed by atoms with Crippen molar-refractivity contribution < 1.29 is 14.8 Å². The van der Waals surface area contributed by atoms with E-state index >= 15 is 0 Å². The summed E-state index contributed by atoms with van der Waals surface area (Å²) in [5, 5.41) is 27.2. The molecule has 2 rings (SSSR count). The van der Waals surface area contributed by atoms with Gasteiger partial charge in [-0.05, 0) is 18.9 Å². The topological polar surface area (TPSA) is 120 Å². The van der Waals surface area contributed by atoms with Crippen molar-refractivity contribution in [3.8, 4) is 0 Å². The number of carbonyl (C=O) groups excluding carboxylic acids is 1. The number of carbonyl (C=O) groups is 1. The average molecular weight is 303 g/mol. The van der Waals surface area contributed by atoms with Crippen LogP contribution in [-0.4, -0.2) is 29.1 Å². The summed E-state index contributed by atoms with van der Waals surface area (Å²) in [5.41, 5.74) is 1.03. The van der Waals surface area contributed by atoms with Crippen molar-refractivity contribution in [2.24, 2.45) is 0 Å². The van der Waals surface area contributed by atoms with Crippen LogP contribution in [0.1, 0.15) is 12.8 Å². The van der Waals surface area contributed by atoms with E-state index in [0.29, 0.717) is 42.5 Å². The van der Waals surface area contributed by atoms with E-state index in [9.17, 15) is 20.0 Å². The normalized spacial score (nSPS) is 10.4. The van der Waals surface area contributed by atoms with E-state index in [1.807, 2.05) is 6.07 Å². The number of hydrogen-bond donors (Lipinski definition) is 2. The fraction of sp³-hybridized carbons (Fsp3) is 0.286. The lowest BCUT2D eigenvalue weighted by molar-refractivity contribution is -0.384. The van der Waals surface area contributed by atoms with Gasteiger partial charge in [0, 0.05) is 18.5 Å². The zero-order valence-electron chi connectivity index (χ0n) is 11.7. The van der Waals surface area contributed by atoms with E-state index < -0.39 is 11.0 Å². The Bertz CT molecular complexity index is 690. The number of para-hydroxylation sites is 1. The molecule has 1 aromatic carbocycles. The highest BCUT2D eigenvalue weighted by atomic mass is 16.6. The molecule has 8 nitrogen and oxygen atoms in total. The molecule has 22 heavy (non-hydrogen) atoms. The standard InChI is InChI=1S/C14H16N4O4/c19-14(20)16-8-4-3-7-15-13-10-5-1-2-6-11(10)17-9-12(13)18(21)22/h1-2,5-6,9,16H,3-4,7-8H2,(H,15,17)(H,19,20)/p-1. The van der Waals surface area contributed by atoms with Gasteiger partial charge in [-0.25, -0.2) is 4.98 Å². The molecule has 0 aliphatic heterocycles. The van der Waals surface area contributed by atoms with Crippen molar-refractivity contribution in [2.75, 3.05) is 18.4 Å². The Kier molecular flexibility index (Phi) is 5.07. The number of unbranched alkanes of at least 4 members (excludes halogenated alkanes) is 1. The van der Waals surface area contributed by atoms with E-state index in [0.717, 1.165) is 0 Å². The molecule has 0 saturated heterocycles. The van der Waals surface area contributed by atoms with Gasteiger partial charge in [-0.3, -0.25) is 10.1 Å². The largest absolute Gasteiger partial charge is 0.530 e. The molecule has 8 heteroatoms. The predicted octanol–water partition coefficient (Wildman–Crippen LogP) is 1.27. The summed E-state index contributed by atoms with van der Waals surface area (Å²) >= 11 is 0. The van der Waals surface area contributed by atoms with Crippen molar-refractivity contribution in [2.45, 2.75) is 12.8 Å². The summed E-state index contributed by atoms with van der Waals surface area (Å²) in [5.74, 6) is 0. The van der Waals surface area contributed by atoms with Gasteiger partial charge in [0.25, 0.3) is 0 Å². The van der Waals surface area contributed by atoms with Crippen molar-refractivity contribution in [3.05, 3.63) is 40.6 Å². The maximum Gasteiger partial charge on any atom is 0.311 e. The first-order chi connectivity index (χ1) is 10.6. The molecule has 0 aliphatic rings. The molecule has 0 atom stereocenters. The Balaban J connectivity index is 2.06. The molecule has 116 valence electrons. The summed E-state index contributed by atoms with van der Waals surface area (Å²) < 4.78 is 0. The lowest BCUT2D eigenvalue weighted by Gasteiger charge is -2.10. The number of rotatable bonds is 7. The fourth-order valence-corrected chi connectivity index (χ4v) is 2.11. The number of carboxylic acid groups (broad SMARTS) is 1. The maximum atomic E-state index is 11.1. The SMILES string of the molecule is O=C([O-])NCCCCNc1c([N+](=O)[O-])cnc2ccccc12. The van der Waals surface area contributed by atoms with Gasteiger partial charge >= 0.3 is 5.69 Å². The zero-order chi connectivity index (χ0) is 15.9. The van der Waals surface area contributed by atoms with Crippen LogP contribution < -0.4 is 15.7 Å². The third kappa shape index (κ3) is 3.81. The molecule has 1 aromatic heterocycles. The molecule has 0 spiro atoms. The monoisotopic (exact) mass is 303 g/mol. The molecule has 1 amide bonds. The first-order valence-corrected chi connectivity index (χ1v) is 6.80. The number of fused-ring (bicyclic) bond motifs is 1. The highest BCUT2D eigenvalue weighted by molar-refractivity contribution is 5.95. The third-order valence-electron chi connectivity index (χ3n) is 3.13. The minimum Gasteiger partial charge on any atom is -0.530 e. The van der Waals surface area contributed by atoms with Crippen LogP contribution in [0, 0.1) is 10.1 Å². The van der Waals surface area contributed by atoms with Gasteiger partial charge in [-0.15, -0.1) is 0 Å². The number of nitrogens with zero attached hydrogens (tertiary/aromatic N) is 2. The quantitative estimate of drug-likeness (QED) is 0.451. The average Bonchev–Trinajstić information content (AvgIpc) is 2.50. The van der Waals surface area contributed by atoms with Crippen molar-refractivity contribution in [3.63, 3.8) is 0 Å². The van der Waals surface area contributed by atoms with Gasteiger partial charge in [0.05, 0.1) is 10.4 Å². The van der Waals surface area contributed by atoms with Crippen LogP contribution in [0.3, 0.4) is 0 Å². The number of hydrogen-bond acceptors (Lipinski definition) is 6. The highest BCUT2D eigenvalue weighted by Gasteiger charge is 2.17. The molecule has 1 heterocycles. The number of pyridine rings is 1. The maximum absolute atomic E-state index is 11.1. The second-order valence-electron chi connectivity index (χ2n) is 4.64. The van der Waals surface area contributed by atoms with Crippen molar-refractivity contribution >= 4 is 28.4 Å². The van der Waals surface area contributed by atoms with Crippen LogP contribution in [-0.2, 0) is 0 Å². The van der Waals surface area contributed by atoms with Crippen molar-refractivity contribution in [1.82, 2.24) is 10.3 Å². The van der Waals surface area contributed by atoms with Gasteiger partial charge in [0.15, 0.2) is 0 Å². The van der Waals surface area contributed by atoms with Crippen LogP contribution in [0.2, 0.25) is 0 Å². The molecule has 0 saturated carbocycles. The molecule has 0 aliphatic carbocycles. The minimum atomic E-state index is -1.30. The van der Waals surface area contributed by atoms with E-state index in [-0.39, 0.29) is 5.69 Å². The number of amides is 1. The summed E-state index contributed by atoms with van der Waals surface area (Å²) in [6, 6.07) is 7.17. The molecule has 0 fully saturated rings. The van der Waals surface area contributed by atoms with E-state index in [2.05, 4.69) is 15.6 Å². The van der Waals surface area contributed by atoms with E-state index in [1.165, 1.54) is 6.20 Å². The summed E-state index contributed by atoms with van der Waals surface area (Å²) in [6.45, 7) is 0.784. The fourth-order valence-electron chi connectivity index (χ4n) is 2.11. The lowest BCUT2D eigenvalue weighted by Crippen LogP contribution is -2.37. The third-order valence-corrected chi connectivity index (χ3v) is 3.13. The number of nitro groups is 1. The van der Waals surface area contributed by atoms with Crippen LogP contribution in [0.5, 0.6) is 0 Å². The Morgan fingerprint density at radius 3 is 2.68 bits per heavy atom. The smallest absolute Gasteiger partial charge is 0.311 e. The second-order valence-corrected chi connectivity index (χ2v) is 4.64. The Morgan fingerprint density at radius 2 is 1.95 bits per heavy atom. The second kappa shape index (κ2) is 7.21. The zero-order valence-corrected chi connectivity index (χ0v) is 11.7. The lowest BCUT2D eigenvalue weighted by atomic mass is 10.1. The first-order valence-electron chi connectivity index (χ1n) is 6.80. The summed E-state index contributed by atoms with van der Waals surface area (Å²) in [7, 11) is 0. The van der Waals surface area contributed by atoms with Crippen molar-refractivity contribution in [1.29, 1.82) is 0 Å². The number of aromatic nitrogens is 1. The Hall–Kier alpha value is -2.90. The first kappa shape index (κ1) is 15.5. The Labute approximate surface area is 126 Å². The number of benzene rings is 1. The van der Waals surface area contributed by atoms with Gasteiger partial charge in [0.1, 0.15) is 18.0 Å². The molecule has 2 aromatic rings. The number of anilines is 1. The highest BCUT2D eigenvalue weighted by Crippen LogP contribution is 2.31. The van der Waals surface area contributed by atoms with Crippen LogP contribution >= 0.6 is 0 Å². The summed E-state index contributed by atoms with van der Waals surface area (Å²) in [4.78, 5) is 24.9. The molecular formula is C14H15N4O4-. The molecular weight excluding hydrogens is 288 g/mol. The predicted molar refractivity (Wildman–Crippen MR) is 79.5 cm³/mol.